The summed E-state index contributed by atoms with van der Waals surface area (Å²) in [6.07, 6.45) is 0. The molecule has 120 valence electrons. The highest BCUT2D eigenvalue weighted by Crippen LogP contribution is 2.29. The molecule has 0 aliphatic rings. The number of sulfonamides is 1. The largest absolute Gasteiger partial charge is 0.397 e. The van der Waals surface area contributed by atoms with E-state index in [2.05, 4.69) is 0 Å². The van der Waals surface area contributed by atoms with Gasteiger partial charge in [0, 0.05) is 13.1 Å². The van der Waals surface area contributed by atoms with Crippen LogP contribution in [0.2, 0.25) is 5.02 Å². The van der Waals surface area contributed by atoms with Gasteiger partial charge in [-0.2, -0.15) is 4.31 Å². The molecule has 0 saturated carbocycles. The molecular formula is C15H25ClN2O2S. The van der Waals surface area contributed by atoms with E-state index >= 15 is 0 Å². The molecule has 0 atom stereocenters. The Labute approximate surface area is 133 Å². The fourth-order valence-corrected chi connectivity index (χ4v) is 4.14. The first-order chi connectivity index (χ1) is 9.55. The normalized spacial score (nSPS) is 12.6. The Morgan fingerprint density at radius 3 is 2.00 bits per heavy atom. The van der Waals surface area contributed by atoms with E-state index in [1.807, 2.05) is 27.7 Å². The van der Waals surface area contributed by atoms with Crippen LogP contribution in [0.4, 0.5) is 5.69 Å². The van der Waals surface area contributed by atoms with Crippen LogP contribution in [0.5, 0.6) is 0 Å². The van der Waals surface area contributed by atoms with Crippen molar-refractivity contribution < 1.29 is 8.42 Å². The number of hydrogen-bond acceptors (Lipinski definition) is 3. The third-order valence-electron chi connectivity index (χ3n) is 3.03. The fraction of sp³-hybridized carbons (Fsp3) is 0.600. The van der Waals surface area contributed by atoms with E-state index in [1.54, 1.807) is 13.0 Å². The van der Waals surface area contributed by atoms with Crippen molar-refractivity contribution in [3.63, 3.8) is 0 Å². The van der Waals surface area contributed by atoms with E-state index in [0.29, 0.717) is 29.4 Å². The second-order valence-electron chi connectivity index (χ2n) is 6.25. The van der Waals surface area contributed by atoms with Crippen LogP contribution in [0, 0.1) is 18.8 Å². The predicted octanol–water partition coefficient (Wildman–Crippen LogP) is 3.53. The third-order valence-corrected chi connectivity index (χ3v) is 5.36. The number of aryl methyl sites for hydroxylation is 1. The average molecular weight is 333 g/mol. The lowest BCUT2D eigenvalue weighted by molar-refractivity contribution is 0.333. The molecule has 0 fully saturated rings. The van der Waals surface area contributed by atoms with Gasteiger partial charge in [0.2, 0.25) is 10.0 Å². The van der Waals surface area contributed by atoms with Crippen molar-refractivity contribution in [3.05, 3.63) is 22.7 Å². The third kappa shape index (κ3) is 4.59. The molecule has 1 aromatic rings. The van der Waals surface area contributed by atoms with E-state index < -0.39 is 10.0 Å². The minimum absolute atomic E-state index is 0.211. The maximum absolute atomic E-state index is 12.8. The molecule has 0 spiro atoms. The number of rotatable bonds is 6. The first kappa shape index (κ1) is 18.3. The van der Waals surface area contributed by atoms with Crippen LogP contribution < -0.4 is 5.73 Å². The van der Waals surface area contributed by atoms with Gasteiger partial charge in [0.05, 0.1) is 15.6 Å². The van der Waals surface area contributed by atoms with Gasteiger partial charge in [0.25, 0.3) is 0 Å². The second kappa shape index (κ2) is 6.99. The Hall–Kier alpha value is -0.780. The molecule has 0 amide bonds. The summed E-state index contributed by atoms with van der Waals surface area (Å²) in [6.45, 7) is 10.8. The van der Waals surface area contributed by atoms with Gasteiger partial charge < -0.3 is 5.73 Å². The number of benzene rings is 1. The highest BCUT2D eigenvalue weighted by atomic mass is 35.5. The van der Waals surface area contributed by atoms with Crippen LogP contribution in [-0.2, 0) is 10.0 Å². The van der Waals surface area contributed by atoms with Crippen LogP contribution in [0.1, 0.15) is 33.3 Å². The monoisotopic (exact) mass is 332 g/mol. The zero-order chi connectivity index (χ0) is 16.4. The molecule has 21 heavy (non-hydrogen) atoms. The first-order valence-electron chi connectivity index (χ1n) is 7.11. The number of nitrogen functional groups attached to an aromatic ring is 1. The number of hydrogen-bond donors (Lipinski definition) is 1. The smallest absolute Gasteiger partial charge is 0.243 e. The maximum Gasteiger partial charge on any atom is 0.243 e. The van der Waals surface area contributed by atoms with Crippen LogP contribution in [0.15, 0.2) is 17.0 Å². The Kier molecular flexibility index (Phi) is 6.08. The molecule has 0 saturated heterocycles. The van der Waals surface area contributed by atoms with Gasteiger partial charge in [-0.25, -0.2) is 8.42 Å². The Balaban J connectivity index is 3.28. The van der Waals surface area contributed by atoms with Gasteiger partial charge in [-0.1, -0.05) is 39.3 Å². The van der Waals surface area contributed by atoms with E-state index in [9.17, 15) is 8.42 Å². The molecule has 1 aromatic carbocycles. The second-order valence-corrected chi connectivity index (χ2v) is 8.57. The van der Waals surface area contributed by atoms with Crippen molar-refractivity contribution in [2.45, 2.75) is 39.5 Å². The van der Waals surface area contributed by atoms with Crippen LogP contribution in [0.25, 0.3) is 0 Å². The highest BCUT2D eigenvalue weighted by molar-refractivity contribution is 7.89. The van der Waals surface area contributed by atoms with Crippen molar-refractivity contribution in [3.8, 4) is 0 Å². The number of halogens is 1. The highest BCUT2D eigenvalue weighted by Gasteiger charge is 2.26. The van der Waals surface area contributed by atoms with Gasteiger partial charge in [-0.05, 0) is 36.5 Å². The van der Waals surface area contributed by atoms with Crippen molar-refractivity contribution in [2.75, 3.05) is 18.8 Å². The lowest BCUT2D eigenvalue weighted by Gasteiger charge is -2.26. The van der Waals surface area contributed by atoms with Crippen molar-refractivity contribution >= 4 is 27.3 Å². The van der Waals surface area contributed by atoms with Crippen molar-refractivity contribution in [1.82, 2.24) is 4.31 Å². The molecule has 0 aliphatic carbocycles. The molecule has 0 aliphatic heterocycles. The van der Waals surface area contributed by atoms with Crippen molar-refractivity contribution in [1.29, 1.82) is 0 Å². The minimum Gasteiger partial charge on any atom is -0.397 e. The summed E-state index contributed by atoms with van der Waals surface area (Å²) in [5.41, 5.74) is 6.77. The number of nitrogens with zero attached hydrogens (tertiary/aromatic N) is 1. The summed E-state index contributed by atoms with van der Waals surface area (Å²) in [5.74, 6) is 0.508. The summed E-state index contributed by atoms with van der Waals surface area (Å²) in [6, 6.07) is 3.03. The van der Waals surface area contributed by atoms with Crippen LogP contribution >= 0.6 is 11.6 Å². The van der Waals surface area contributed by atoms with Gasteiger partial charge in [-0.15, -0.1) is 0 Å². The SMILES string of the molecule is Cc1cc(S(=O)(=O)N(CC(C)C)CC(C)C)cc(N)c1Cl. The molecular weight excluding hydrogens is 308 g/mol. The topological polar surface area (TPSA) is 63.4 Å². The fourth-order valence-electron chi connectivity index (χ4n) is 2.15. The molecule has 6 heteroatoms. The molecule has 0 aromatic heterocycles. The summed E-state index contributed by atoms with van der Waals surface area (Å²) in [7, 11) is -3.56. The quantitative estimate of drug-likeness (QED) is 0.810. The van der Waals surface area contributed by atoms with E-state index in [4.69, 9.17) is 17.3 Å². The number of nitrogens with two attached hydrogens (primary N) is 1. The average Bonchev–Trinajstić information content (AvgIpc) is 2.33. The molecule has 1 rings (SSSR count). The molecule has 0 bridgehead atoms. The van der Waals surface area contributed by atoms with E-state index in [1.165, 1.54) is 10.4 Å². The Morgan fingerprint density at radius 1 is 1.14 bits per heavy atom. The van der Waals surface area contributed by atoms with E-state index in [0.717, 1.165) is 0 Å². The zero-order valence-electron chi connectivity index (χ0n) is 13.4. The zero-order valence-corrected chi connectivity index (χ0v) is 14.9. The molecule has 0 radical (unpaired) electrons. The lowest BCUT2D eigenvalue weighted by atomic mass is 10.2. The molecule has 0 heterocycles. The summed E-state index contributed by atoms with van der Waals surface area (Å²) in [5, 5.41) is 0.410. The minimum atomic E-state index is -3.56. The Morgan fingerprint density at radius 2 is 1.62 bits per heavy atom. The number of anilines is 1. The summed E-state index contributed by atoms with van der Waals surface area (Å²) < 4.78 is 27.2. The Bertz CT molecular complexity index is 565. The predicted molar refractivity (Wildman–Crippen MR) is 89.0 cm³/mol. The summed E-state index contributed by atoms with van der Waals surface area (Å²) in [4.78, 5) is 0.211. The first-order valence-corrected chi connectivity index (χ1v) is 8.93. The van der Waals surface area contributed by atoms with E-state index in [-0.39, 0.29) is 16.7 Å². The lowest BCUT2D eigenvalue weighted by Crippen LogP contribution is -2.37. The van der Waals surface area contributed by atoms with Gasteiger partial charge in [0.1, 0.15) is 0 Å². The molecule has 0 unspecified atom stereocenters. The standard InChI is InChI=1S/C15H25ClN2O2S/c1-10(2)8-18(9-11(3)4)21(19,20)13-6-12(5)15(16)14(17)7-13/h6-7,10-11H,8-9,17H2,1-5H3. The van der Waals surface area contributed by atoms with Crippen LogP contribution in [0.3, 0.4) is 0 Å². The summed E-state index contributed by atoms with van der Waals surface area (Å²) >= 11 is 6.01. The van der Waals surface area contributed by atoms with Crippen molar-refractivity contribution in [2.24, 2.45) is 11.8 Å². The van der Waals surface area contributed by atoms with Gasteiger partial charge in [0.15, 0.2) is 0 Å². The molecule has 2 N–H and O–H groups in total. The van der Waals surface area contributed by atoms with Gasteiger partial charge >= 0.3 is 0 Å². The van der Waals surface area contributed by atoms with Crippen LogP contribution in [-0.4, -0.2) is 25.8 Å². The van der Waals surface area contributed by atoms with Gasteiger partial charge in [-0.3, -0.25) is 0 Å². The molecule has 4 nitrogen and oxygen atoms in total. The maximum atomic E-state index is 12.8.